The Morgan fingerprint density at radius 1 is 0.833 bits per heavy atom. The molecular formula is C14H27N3Zr+. The molecule has 0 unspecified atom stereocenters. The van der Waals surface area contributed by atoms with E-state index in [1.807, 2.05) is 19.8 Å². The third-order valence-corrected chi connectivity index (χ3v) is 1.16. The van der Waals surface area contributed by atoms with Gasteiger partial charge in [0.15, 0.2) is 0 Å². The topological polar surface area (TPSA) is 42.3 Å². The molecule has 0 spiro atoms. The smallest absolute Gasteiger partial charge is 0.668 e. The van der Waals surface area contributed by atoms with E-state index < -0.39 is 0 Å². The second-order valence-corrected chi connectivity index (χ2v) is 3.30. The molecule has 1 saturated carbocycles. The Hall–Kier alpha value is 0.503. The standard InChI is InChI=1S/C8H9.3C2H6N.Zr/c1-7(2)8-5-3-4-6-8;3*1-3-2;/h3-6H,1H2,2H3;3*1-2H3;/q;3*-1;+4. The zero-order valence-corrected chi connectivity index (χ0v) is 15.3. The molecule has 18 heavy (non-hydrogen) atoms. The summed E-state index contributed by atoms with van der Waals surface area (Å²) in [5.41, 5.74) is 1.13. The van der Waals surface area contributed by atoms with Crippen LogP contribution in [0.2, 0.25) is 0 Å². The van der Waals surface area contributed by atoms with E-state index in [1.54, 1.807) is 42.3 Å². The van der Waals surface area contributed by atoms with Crippen molar-refractivity contribution in [3.05, 3.63) is 59.7 Å². The summed E-state index contributed by atoms with van der Waals surface area (Å²) in [6, 6.07) is 0. The van der Waals surface area contributed by atoms with Crippen LogP contribution in [0.15, 0.2) is 12.2 Å². The Labute approximate surface area is 135 Å². The number of hydrogen-bond donors (Lipinski definition) is 0. The summed E-state index contributed by atoms with van der Waals surface area (Å²) < 4.78 is 0. The number of rotatable bonds is 1. The van der Waals surface area contributed by atoms with E-state index in [2.05, 4.69) is 35.4 Å². The zero-order chi connectivity index (χ0) is 14.1. The predicted molar refractivity (Wildman–Crippen MR) is 80.9 cm³/mol. The Morgan fingerprint density at radius 2 is 1.06 bits per heavy atom. The van der Waals surface area contributed by atoms with Gasteiger partial charge in [-0.25, -0.2) is 0 Å². The Bertz CT molecular complexity index is 130. The Morgan fingerprint density at radius 3 is 1.17 bits per heavy atom. The van der Waals surface area contributed by atoms with E-state index in [9.17, 15) is 0 Å². The molecule has 1 fully saturated rings. The molecule has 5 radical (unpaired) electrons. The fourth-order valence-electron chi connectivity index (χ4n) is 0.659. The van der Waals surface area contributed by atoms with Gasteiger partial charge in [0.2, 0.25) is 0 Å². The predicted octanol–water partition coefficient (Wildman–Crippen LogP) is 3.82. The minimum Gasteiger partial charge on any atom is -0.668 e. The molecule has 0 aromatic rings. The van der Waals surface area contributed by atoms with Crippen molar-refractivity contribution >= 4 is 0 Å². The van der Waals surface area contributed by atoms with Crippen molar-refractivity contribution in [2.75, 3.05) is 42.3 Å². The molecule has 101 valence electrons. The van der Waals surface area contributed by atoms with E-state index in [-0.39, 0.29) is 26.2 Å². The number of allylic oxidation sites excluding steroid dienone is 1. The maximum atomic E-state index is 3.80. The van der Waals surface area contributed by atoms with Crippen LogP contribution in [0.1, 0.15) is 6.92 Å². The first-order chi connectivity index (χ1) is 8.05. The van der Waals surface area contributed by atoms with E-state index in [4.69, 9.17) is 0 Å². The quantitative estimate of drug-likeness (QED) is 0.702. The van der Waals surface area contributed by atoms with Gasteiger partial charge in [-0.3, -0.25) is 0 Å². The van der Waals surface area contributed by atoms with E-state index >= 15 is 0 Å². The molecule has 0 heterocycles. The Kier molecular flexibility index (Phi) is 39.1. The van der Waals surface area contributed by atoms with Crippen LogP contribution in [0, 0.1) is 31.6 Å². The second-order valence-electron chi connectivity index (χ2n) is 3.30. The summed E-state index contributed by atoms with van der Waals surface area (Å²) in [5, 5.41) is 10.5. The fourth-order valence-corrected chi connectivity index (χ4v) is 0.659. The van der Waals surface area contributed by atoms with Crippen LogP contribution < -0.4 is 0 Å². The summed E-state index contributed by atoms with van der Waals surface area (Å²) in [4.78, 5) is 0. The zero-order valence-electron chi connectivity index (χ0n) is 12.9. The summed E-state index contributed by atoms with van der Waals surface area (Å²) in [5.74, 6) is 1.24. The van der Waals surface area contributed by atoms with Gasteiger partial charge < -0.3 is 16.0 Å². The average molecular weight is 329 g/mol. The van der Waals surface area contributed by atoms with Crippen LogP contribution in [0.5, 0.6) is 0 Å². The van der Waals surface area contributed by atoms with Gasteiger partial charge in [0.25, 0.3) is 0 Å². The Balaban J connectivity index is -0.0000000840. The minimum atomic E-state index is 0. The van der Waals surface area contributed by atoms with Crippen LogP contribution in [-0.2, 0) is 26.2 Å². The van der Waals surface area contributed by atoms with E-state index in [0.717, 1.165) is 5.57 Å². The van der Waals surface area contributed by atoms with Crippen molar-refractivity contribution in [2.45, 2.75) is 6.92 Å². The molecule has 4 heteroatoms. The van der Waals surface area contributed by atoms with Gasteiger partial charge in [-0.05, 0) is 32.6 Å². The molecule has 0 saturated heterocycles. The summed E-state index contributed by atoms with van der Waals surface area (Å²) in [7, 11) is 10.5. The largest absolute Gasteiger partial charge is 4.00 e. The summed E-state index contributed by atoms with van der Waals surface area (Å²) in [6.07, 6.45) is 8.15. The number of nitrogens with zero attached hydrogens (tertiary/aromatic N) is 3. The molecule has 0 amide bonds. The van der Waals surface area contributed by atoms with Gasteiger partial charge in [0, 0.05) is 5.92 Å². The molecule has 1 aliphatic rings. The molecular weight excluding hydrogens is 301 g/mol. The SMILES string of the molecule is C=C(C)[C]1[CH][CH][CH][CH]1.C[N-]C.C[N-]C.C[N-]C.[Zr+4]. The van der Waals surface area contributed by atoms with Gasteiger partial charge in [-0.1, -0.05) is 12.2 Å². The van der Waals surface area contributed by atoms with Crippen LogP contribution in [0.25, 0.3) is 16.0 Å². The van der Waals surface area contributed by atoms with Crippen molar-refractivity contribution < 1.29 is 26.2 Å². The molecule has 0 atom stereocenters. The van der Waals surface area contributed by atoms with Gasteiger partial charge in [-0.15, -0.1) is 0 Å². The molecule has 0 aromatic heterocycles. The van der Waals surface area contributed by atoms with Gasteiger partial charge in [-0.2, -0.15) is 42.3 Å². The molecule has 0 aromatic carbocycles. The van der Waals surface area contributed by atoms with Crippen LogP contribution in [0.3, 0.4) is 0 Å². The molecule has 0 N–H and O–H groups in total. The first-order valence-electron chi connectivity index (χ1n) is 5.36. The molecule has 1 rings (SSSR count). The van der Waals surface area contributed by atoms with Crippen LogP contribution in [0.4, 0.5) is 0 Å². The first-order valence-corrected chi connectivity index (χ1v) is 5.36. The van der Waals surface area contributed by atoms with E-state index in [1.165, 1.54) is 5.92 Å². The van der Waals surface area contributed by atoms with Crippen molar-refractivity contribution in [3.63, 3.8) is 0 Å². The second kappa shape index (κ2) is 26.1. The van der Waals surface area contributed by atoms with Crippen LogP contribution >= 0.6 is 0 Å². The number of hydrogen-bond acceptors (Lipinski definition) is 0. The van der Waals surface area contributed by atoms with Gasteiger partial charge in [0.1, 0.15) is 0 Å². The van der Waals surface area contributed by atoms with Gasteiger partial charge >= 0.3 is 26.2 Å². The summed E-state index contributed by atoms with van der Waals surface area (Å²) >= 11 is 0. The fraction of sp³-hybridized carbons (Fsp3) is 0.500. The molecule has 3 nitrogen and oxygen atoms in total. The van der Waals surface area contributed by atoms with Crippen molar-refractivity contribution in [1.29, 1.82) is 0 Å². The monoisotopic (exact) mass is 327 g/mol. The molecule has 0 aliphatic heterocycles. The average Bonchev–Trinajstić information content (AvgIpc) is 2.73. The maximum absolute atomic E-state index is 3.80. The molecule has 1 aliphatic carbocycles. The third-order valence-electron chi connectivity index (χ3n) is 1.16. The normalized spacial score (nSPS) is 12.6. The molecule has 0 bridgehead atoms. The van der Waals surface area contributed by atoms with Crippen molar-refractivity contribution in [2.24, 2.45) is 0 Å². The minimum absolute atomic E-state index is 0. The van der Waals surface area contributed by atoms with E-state index in [0.29, 0.717) is 0 Å². The first kappa shape index (κ1) is 26.9. The summed E-state index contributed by atoms with van der Waals surface area (Å²) in [6.45, 7) is 5.81. The van der Waals surface area contributed by atoms with Crippen molar-refractivity contribution in [1.82, 2.24) is 0 Å². The van der Waals surface area contributed by atoms with Crippen molar-refractivity contribution in [3.8, 4) is 0 Å². The third kappa shape index (κ3) is 30.0. The van der Waals surface area contributed by atoms with Gasteiger partial charge in [0.05, 0.1) is 0 Å². The maximum Gasteiger partial charge on any atom is 4.00 e. The van der Waals surface area contributed by atoms with Crippen LogP contribution in [-0.4, -0.2) is 42.3 Å².